The van der Waals surface area contributed by atoms with Gasteiger partial charge in [0.2, 0.25) is 5.95 Å². The topological polar surface area (TPSA) is 35.6 Å². The Morgan fingerprint density at radius 3 is 1.28 bits per heavy atom. The van der Waals surface area contributed by atoms with Gasteiger partial charge in [0.25, 0.3) is 0 Å². The Hall–Kier alpha value is -7.30. The van der Waals surface area contributed by atoms with Gasteiger partial charge in [-0.25, -0.2) is 9.97 Å². The molecule has 0 bridgehead atoms. The summed E-state index contributed by atoms with van der Waals surface area (Å²) in [7, 11) is 0. The molecule has 9 aromatic carbocycles. The Morgan fingerprint density at radius 1 is 0.296 bits per heavy atom. The summed E-state index contributed by atoms with van der Waals surface area (Å²) < 4.78 is 4.71. The monoisotopic (exact) mass is 686 g/mol. The van der Waals surface area contributed by atoms with E-state index in [1.807, 2.05) is 12.1 Å². The molecule has 54 heavy (non-hydrogen) atoms. The molecular formula is C50H30N4. The van der Waals surface area contributed by atoms with Gasteiger partial charge >= 0.3 is 0 Å². The summed E-state index contributed by atoms with van der Waals surface area (Å²) >= 11 is 0. The lowest BCUT2D eigenvalue weighted by Crippen LogP contribution is -2.04. The van der Waals surface area contributed by atoms with Crippen LogP contribution in [0.1, 0.15) is 0 Å². The maximum Gasteiger partial charge on any atom is 0.235 e. The molecule has 0 amide bonds. The number of aromatic nitrogens is 4. The number of nitrogens with zero attached hydrogens (tertiary/aromatic N) is 4. The van der Waals surface area contributed by atoms with E-state index in [1.165, 1.54) is 59.7 Å². The van der Waals surface area contributed by atoms with Gasteiger partial charge in [0.15, 0.2) is 0 Å². The Labute approximate surface area is 310 Å². The molecular weight excluding hydrogens is 657 g/mol. The van der Waals surface area contributed by atoms with Crippen molar-refractivity contribution in [2.75, 3.05) is 0 Å². The summed E-state index contributed by atoms with van der Waals surface area (Å²) in [4.78, 5) is 10.6. The normalized spacial score (nSPS) is 12.1. The van der Waals surface area contributed by atoms with Crippen molar-refractivity contribution in [3.05, 3.63) is 182 Å². The van der Waals surface area contributed by atoms with Gasteiger partial charge in [-0.2, -0.15) is 0 Å². The molecule has 0 fully saturated rings. The van der Waals surface area contributed by atoms with Crippen molar-refractivity contribution in [1.29, 1.82) is 0 Å². The molecule has 0 aliphatic carbocycles. The first kappa shape index (κ1) is 29.3. The summed E-state index contributed by atoms with van der Waals surface area (Å²) in [5.74, 6) is 0.655. The predicted molar refractivity (Wildman–Crippen MR) is 224 cm³/mol. The molecule has 4 heteroatoms. The Kier molecular flexibility index (Phi) is 6.02. The largest absolute Gasteiger partial charge is 0.309 e. The highest BCUT2D eigenvalue weighted by atomic mass is 15.2. The van der Waals surface area contributed by atoms with Crippen LogP contribution in [0.25, 0.3) is 110 Å². The number of hydrogen-bond acceptors (Lipinski definition) is 2. The highest BCUT2D eigenvalue weighted by Crippen LogP contribution is 2.44. The number of hydrogen-bond donors (Lipinski definition) is 0. The van der Waals surface area contributed by atoms with Crippen LogP contribution in [0, 0.1) is 0 Å². The standard InChI is InChI=1S/C50H30N4/c1-4-12-31(13-5-1)40-30-41(32-14-6-2-7-15-32)52-50(51-40)54-43-21-11-17-34-23-25-36-27-38(29-45(54)49(36)47(34)43)37-26-35-24-22-33-16-10-20-42-46(33)48(35)44(28-37)53(42)39-18-8-3-9-19-39/h1-30H. The lowest BCUT2D eigenvalue weighted by Gasteiger charge is -2.13. The SMILES string of the molecule is c1ccc(-c2cc(-c3ccccc3)nc(-n3c4cccc5ccc6cc(-c7cc8ccc9cccc%10c9c8c(c7)n%10-c7ccccc7)cc3c6c54)n2)cc1. The molecule has 0 N–H and O–H groups in total. The van der Waals surface area contributed by atoms with Crippen LogP contribution < -0.4 is 0 Å². The molecule has 0 atom stereocenters. The van der Waals surface area contributed by atoms with Gasteiger partial charge < -0.3 is 4.57 Å². The van der Waals surface area contributed by atoms with Gasteiger partial charge in [-0.05, 0) is 87.3 Å². The summed E-state index contributed by atoms with van der Waals surface area (Å²) in [6.45, 7) is 0. The van der Waals surface area contributed by atoms with Crippen molar-refractivity contribution < 1.29 is 0 Å². The van der Waals surface area contributed by atoms with Crippen molar-refractivity contribution in [3.63, 3.8) is 0 Å². The number of para-hydroxylation sites is 1. The first-order chi connectivity index (χ1) is 26.8. The fourth-order valence-electron chi connectivity index (χ4n) is 8.84. The molecule has 0 unspecified atom stereocenters. The van der Waals surface area contributed by atoms with Crippen LogP contribution in [-0.4, -0.2) is 19.1 Å². The molecule has 3 heterocycles. The fraction of sp³-hybridized carbons (Fsp3) is 0. The minimum atomic E-state index is 0.655. The first-order valence-electron chi connectivity index (χ1n) is 18.4. The van der Waals surface area contributed by atoms with Crippen LogP contribution in [0.15, 0.2) is 182 Å². The van der Waals surface area contributed by atoms with Crippen LogP contribution in [0.2, 0.25) is 0 Å². The van der Waals surface area contributed by atoms with E-state index in [9.17, 15) is 0 Å². The quantitative estimate of drug-likeness (QED) is 0.169. The van der Waals surface area contributed by atoms with Gasteiger partial charge in [0, 0.05) is 38.4 Å². The number of benzene rings is 9. The summed E-state index contributed by atoms with van der Waals surface area (Å²) in [6.07, 6.45) is 0. The lowest BCUT2D eigenvalue weighted by molar-refractivity contribution is 0.996. The zero-order valence-electron chi connectivity index (χ0n) is 29.1. The second-order valence-corrected chi connectivity index (χ2v) is 14.2. The van der Waals surface area contributed by atoms with E-state index < -0.39 is 0 Å². The maximum absolute atomic E-state index is 5.32. The third-order valence-electron chi connectivity index (χ3n) is 11.2. The fourth-order valence-corrected chi connectivity index (χ4v) is 8.84. The van der Waals surface area contributed by atoms with Crippen LogP contribution in [-0.2, 0) is 0 Å². The second kappa shape index (κ2) is 11.1. The Balaban J connectivity index is 1.16. The van der Waals surface area contributed by atoms with Crippen LogP contribution in [0.3, 0.4) is 0 Å². The van der Waals surface area contributed by atoms with E-state index in [0.717, 1.165) is 44.8 Å². The van der Waals surface area contributed by atoms with Crippen molar-refractivity contribution in [1.82, 2.24) is 19.1 Å². The highest BCUT2D eigenvalue weighted by molar-refractivity contribution is 6.27. The van der Waals surface area contributed by atoms with Crippen LogP contribution >= 0.6 is 0 Å². The maximum atomic E-state index is 5.32. The second-order valence-electron chi connectivity index (χ2n) is 14.2. The third-order valence-corrected chi connectivity index (χ3v) is 11.2. The van der Waals surface area contributed by atoms with E-state index in [-0.39, 0.29) is 0 Å². The zero-order chi connectivity index (χ0) is 35.3. The van der Waals surface area contributed by atoms with Crippen molar-refractivity contribution >= 4 is 65.2 Å². The van der Waals surface area contributed by atoms with Crippen LogP contribution in [0.4, 0.5) is 0 Å². The van der Waals surface area contributed by atoms with Gasteiger partial charge in [0.05, 0.1) is 33.5 Å². The van der Waals surface area contributed by atoms with Crippen molar-refractivity contribution in [2.45, 2.75) is 0 Å². The molecule has 0 radical (unpaired) electrons. The van der Waals surface area contributed by atoms with Gasteiger partial charge in [0.1, 0.15) is 0 Å². The Bertz CT molecular complexity index is 3300. The first-order valence-corrected chi connectivity index (χ1v) is 18.4. The van der Waals surface area contributed by atoms with E-state index in [4.69, 9.17) is 9.97 Å². The van der Waals surface area contributed by atoms with E-state index >= 15 is 0 Å². The van der Waals surface area contributed by atoms with E-state index in [2.05, 4.69) is 179 Å². The minimum Gasteiger partial charge on any atom is -0.309 e. The van der Waals surface area contributed by atoms with Crippen LogP contribution in [0.5, 0.6) is 0 Å². The van der Waals surface area contributed by atoms with Crippen molar-refractivity contribution in [2.24, 2.45) is 0 Å². The minimum absolute atomic E-state index is 0.655. The summed E-state index contributed by atoms with van der Waals surface area (Å²) in [5, 5.41) is 9.97. The molecule has 0 saturated heterocycles. The predicted octanol–water partition coefficient (Wildman–Crippen LogP) is 12.9. The molecule has 3 aromatic heterocycles. The molecule has 12 aromatic rings. The molecule has 0 aliphatic heterocycles. The number of rotatable bonds is 5. The van der Waals surface area contributed by atoms with Gasteiger partial charge in [-0.1, -0.05) is 127 Å². The van der Waals surface area contributed by atoms with E-state index in [0.29, 0.717) is 5.95 Å². The molecule has 4 nitrogen and oxygen atoms in total. The molecule has 0 aliphatic rings. The summed E-state index contributed by atoms with van der Waals surface area (Å²) in [6, 6.07) is 65.4. The van der Waals surface area contributed by atoms with Crippen molar-refractivity contribution in [3.8, 4) is 45.3 Å². The lowest BCUT2D eigenvalue weighted by atomic mass is 9.94. The molecule has 0 spiro atoms. The Morgan fingerprint density at radius 2 is 0.741 bits per heavy atom. The molecule has 0 saturated carbocycles. The highest BCUT2D eigenvalue weighted by Gasteiger charge is 2.22. The van der Waals surface area contributed by atoms with E-state index in [1.54, 1.807) is 0 Å². The average molecular weight is 687 g/mol. The smallest absolute Gasteiger partial charge is 0.235 e. The molecule has 250 valence electrons. The van der Waals surface area contributed by atoms with Gasteiger partial charge in [-0.3, -0.25) is 4.57 Å². The average Bonchev–Trinajstić information content (AvgIpc) is 3.77. The van der Waals surface area contributed by atoms with Gasteiger partial charge in [-0.15, -0.1) is 0 Å². The summed E-state index contributed by atoms with van der Waals surface area (Å²) in [5.41, 5.74) is 12.0. The zero-order valence-corrected chi connectivity index (χ0v) is 29.1. The third kappa shape index (κ3) is 4.19. The molecule has 12 rings (SSSR count).